The van der Waals surface area contributed by atoms with Crippen molar-refractivity contribution in [2.45, 2.75) is 23.9 Å². The fourth-order valence-corrected chi connectivity index (χ4v) is 3.57. The number of thioether (sulfide) groups is 1. The highest BCUT2D eigenvalue weighted by atomic mass is 32.2. The fourth-order valence-electron chi connectivity index (χ4n) is 2.81. The van der Waals surface area contributed by atoms with E-state index >= 15 is 0 Å². The van der Waals surface area contributed by atoms with Crippen LogP contribution in [0, 0.1) is 0 Å². The van der Waals surface area contributed by atoms with Crippen LogP contribution in [-0.2, 0) is 15.8 Å². The van der Waals surface area contributed by atoms with E-state index < -0.39 is 11.7 Å². The molecule has 0 aliphatic carbocycles. The van der Waals surface area contributed by atoms with Gasteiger partial charge in [0.25, 0.3) is 0 Å². The van der Waals surface area contributed by atoms with Crippen molar-refractivity contribution in [3.8, 4) is 0 Å². The number of carbonyl (C=O) groups is 2. The van der Waals surface area contributed by atoms with Gasteiger partial charge in [-0.3, -0.25) is 9.59 Å². The first-order valence-electron chi connectivity index (χ1n) is 8.34. The Hall–Kier alpha value is -2.48. The number of para-hydroxylation sites is 2. The summed E-state index contributed by atoms with van der Waals surface area (Å²) >= 11 is 1.02. The summed E-state index contributed by atoms with van der Waals surface area (Å²) in [5.41, 5.74) is 0.408. The Morgan fingerprint density at radius 1 is 1.15 bits per heavy atom. The molecule has 1 N–H and O–H groups in total. The summed E-state index contributed by atoms with van der Waals surface area (Å²) in [6.07, 6.45) is -3.17. The second-order valence-electron chi connectivity index (χ2n) is 6.03. The van der Waals surface area contributed by atoms with Gasteiger partial charge in [-0.1, -0.05) is 18.2 Å². The molecule has 27 heavy (non-hydrogen) atoms. The van der Waals surface area contributed by atoms with Crippen molar-refractivity contribution in [3.05, 3.63) is 54.1 Å². The molecule has 0 aromatic heterocycles. The predicted octanol–water partition coefficient (Wildman–Crippen LogP) is 4.56. The number of amides is 2. The number of hydrogen-bond acceptors (Lipinski definition) is 3. The Balaban J connectivity index is 1.65. The van der Waals surface area contributed by atoms with Gasteiger partial charge in [0.05, 0.1) is 22.7 Å². The molecule has 3 rings (SSSR count). The summed E-state index contributed by atoms with van der Waals surface area (Å²) in [7, 11) is 0. The number of carbonyl (C=O) groups excluding carboxylic acids is 2. The molecular weight excluding hydrogens is 377 g/mol. The molecule has 0 atom stereocenters. The minimum atomic E-state index is -4.42. The van der Waals surface area contributed by atoms with Gasteiger partial charge < -0.3 is 10.2 Å². The lowest BCUT2D eigenvalue weighted by Gasteiger charge is -2.20. The second kappa shape index (κ2) is 8.04. The summed E-state index contributed by atoms with van der Waals surface area (Å²) in [4.78, 5) is 26.2. The first kappa shape index (κ1) is 19.3. The minimum Gasteiger partial charge on any atom is -0.324 e. The van der Waals surface area contributed by atoms with Gasteiger partial charge >= 0.3 is 6.18 Å². The van der Waals surface area contributed by atoms with E-state index in [-0.39, 0.29) is 17.6 Å². The van der Waals surface area contributed by atoms with Crippen molar-refractivity contribution in [2.75, 3.05) is 22.5 Å². The molecule has 0 unspecified atom stereocenters. The zero-order chi connectivity index (χ0) is 19.4. The summed E-state index contributed by atoms with van der Waals surface area (Å²) < 4.78 is 38.3. The number of hydrogen-bond donors (Lipinski definition) is 1. The Kier molecular flexibility index (Phi) is 5.74. The highest BCUT2D eigenvalue weighted by Crippen LogP contribution is 2.32. The first-order valence-corrected chi connectivity index (χ1v) is 9.32. The van der Waals surface area contributed by atoms with Gasteiger partial charge in [-0.2, -0.15) is 13.2 Å². The van der Waals surface area contributed by atoms with Gasteiger partial charge in [-0.05, 0) is 36.8 Å². The second-order valence-corrected chi connectivity index (χ2v) is 7.08. The van der Waals surface area contributed by atoms with E-state index in [0.717, 1.165) is 30.3 Å². The maximum atomic E-state index is 12.8. The lowest BCUT2D eigenvalue weighted by atomic mass is 10.2. The lowest BCUT2D eigenvalue weighted by Crippen LogP contribution is -2.25. The van der Waals surface area contributed by atoms with E-state index in [4.69, 9.17) is 0 Å². The number of nitrogens with zero attached hydrogens (tertiary/aromatic N) is 1. The first-order chi connectivity index (χ1) is 12.8. The Morgan fingerprint density at radius 2 is 1.93 bits per heavy atom. The van der Waals surface area contributed by atoms with Crippen molar-refractivity contribution < 1.29 is 22.8 Å². The zero-order valence-electron chi connectivity index (χ0n) is 14.3. The maximum absolute atomic E-state index is 12.8. The van der Waals surface area contributed by atoms with Crippen molar-refractivity contribution in [3.63, 3.8) is 0 Å². The molecule has 2 aromatic carbocycles. The molecule has 8 heteroatoms. The molecular formula is C19H17F3N2O2S. The van der Waals surface area contributed by atoms with Gasteiger partial charge in [0.1, 0.15) is 0 Å². The molecule has 2 amide bonds. The van der Waals surface area contributed by atoms with E-state index in [0.29, 0.717) is 29.2 Å². The predicted molar refractivity (Wildman–Crippen MR) is 98.8 cm³/mol. The molecule has 1 heterocycles. The van der Waals surface area contributed by atoms with Crippen molar-refractivity contribution in [2.24, 2.45) is 0 Å². The molecule has 2 aromatic rings. The Morgan fingerprint density at radius 3 is 2.63 bits per heavy atom. The largest absolute Gasteiger partial charge is 0.416 e. The number of alkyl halides is 3. The van der Waals surface area contributed by atoms with Crippen LogP contribution in [0.4, 0.5) is 24.5 Å². The summed E-state index contributed by atoms with van der Waals surface area (Å²) in [6, 6.07) is 11.9. The van der Waals surface area contributed by atoms with Crippen LogP contribution in [0.15, 0.2) is 53.4 Å². The monoisotopic (exact) mass is 394 g/mol. The molecule has 4 nitrogen and oxygen atoms in total. The molecule has 1 aliphatic rings. The van der Waals surface area contributed by atoms with E-state index in [2.05, 4.69) is 5.32 Å². The quantitative estimate of drug-likeness (QED) is 0.757. The highest BCUT2D eigenvalue weighted by molar-refractivity contribution is 8.00. The molecule has 0 bridgehead atoms. The van der Waals surface area contributed by atoms with Crippen LogP contribution < -0.4 is 10.2 Å². The molecule has 1 fully saturated rings. The van der Waals surface area contributed by atoms with Crippen LogP contribution in [0.2, 0.25) is 0 Å². The van der Waals surface area contributed by atoms with Crippen molar-refractivity contribution in [1.29, 1.82) is 0 Å². The average Bonchev–Trinajstić information content (AvgIpc) is 3.06. The smallest absolute Gasteiger partial charge is 0.324 e. The molecule has 1 saturated heterocycles. The van der Waals surface area contributed by atoms with Crippen LogP contribution in [0.25, 0.3) is 0 Å². The standard InChI is InChI=1S/C19H17F3N2O2S/c20-19(21,22)13-5-3-6-14(11-13)27-12-17(25)23-15-7-1-2-8-16(15)24-10-4-9-18(24)26/h1-3,5-8,11H,4,9-10,12H2,(H,23,25). The Labute approximate surface area is 158 Å². The fraction of sp³-hybridized carbons (Fsp3) is 0.263. The summed E-state index contributed by atoms with van der Waals surface area (Å²) in [6.45, 7) is 0.602. The third-order valence-electron chi connectivity index (χ3n) is 4.07. The van der Waals surface area contributed by atoms with E-state index in [1.807, 2.05) is 0 Å². The lowest BCUT2D eigenvalue weighted by molar-refractivity contribution is -0.137. The van der Waals surface area contributed by atoms with Gasteiger partial charge in [0.2, 0.25) is 11.8 Å². The molecule has 1 aliphatic heterocycles. The normalized spacial score (nSPS) is 14.5. The SMILES string of the molecule is O=C(CSc1cccc(C(F)(F)F)c1)Nc1ccccc1N1CCCC1=O. The van der Waals surface area contributed by atoms with E-state index in [1.54, 1.807) is 29.2 Å². The van der Waals surface area contributed by atoms with Crippen LogP contribution in [-0.4, -0.2) is 24.1 Å². The molecule has 0 saturated carbocycles. The van der Waals surface area contributed by atoms with Crippen LogP contribution >= 0.6 is 11.8 Å². The Bertz CT molecular complexity index is 855. The number of rotatable bonds is 5. The van der Waals surface area contributed by atoms with Gasteiger partial charge in [-0.25, -0.2) is 0 Å². The average molecular weight is 394 g/mol. The zero-order valence-corrected chi connectivity index (χ0v) is 15.1. The topological polar surface area (TPSA) is 49.4 Å². The van der Waals surface area contributed by atoms with Crippen molar-refractivity contribution in [1.82, 2.24) is 0 Å². The van der Waals surface area contributed by atoms with Crippen LogP contribution in [0.1, 0.15) is 18.4 Å². The maximum Gasteiger partial charge on any atom is 0.416 e. The summed E-state index contributed by atoms with van der Waals surface area (Å²) in [5, 5.41) is 2.75. The van der Waals surface area contributed by atoms with Crippen molar-refractivity contribution >= 4 is 35.0 Å². The summed E-state index contributed by atoms with van der Waals surface area (Å²) in [5.74, 6) is -0.379. The van der Waals surface area contributed by atoms with Gasteiger partial charge in [0.15, 0.2) is 0 Å². The number of benzene rings is 2. The third-order valence-corrected chi connectivity index (χ3v) is 5.07. The number of halogens is 3. The molecule has 0 spiro atoms. The number of nitrogens with one attached hydrogen (secondary N) is 1. The van der Waals surface area contributed by atoms with Gasteiger partial charge in [0, 0.05) is 17.9 Å². The highest BCUT2D eigenvalue weighted by Gasteiger charge is 2.30. The molecule has 0 radical (unpaired) electrons. The molecule has 142 valence electrons. The van der Waals surface area contributed by atoms with E-state index in [9.17, 15) is 22.8 Å². The third kappa shape index (κ3) is 4.82. The van der Waals surface area contributed by atoms with Gasteiger partial charge in [-0.15, -0.1) is 11.8 Å². The van der Waals surface area contributed by atoms with Crippen LogP contribution in [0.5, 0.6) is 0 Å². The minimum absolute atomic E-state index is 0.00930. The van der Waals surface area contributed by atoms with E-state index in [1.165, 1.54) is 12.1 Å². The van der Waals surface area contributed by atoms with Crippen LogP contribution in [0.3, 0.4) is 0 Å². The number of anilines is 2.